The van der Waals surface area contributed by atoms with Gasteiger partial charge in [-0.25, -0.2) is 0 Å². The van der Waals surface area contributed by atoms with Gasteiger partial charge in [-0.3, -0.25) is 9.69 Å². The molecular formula is C21H27ClN2O3. The minimum atomic E-state index is -0.201. The fraction of sp³-hybridized carbons (Fsp3) is 0.571. The van der Waals surface area contributed by atoms with E-state index < -0.39 is 0 Å². The molecule has 2 atom stereocenters. The molecule has 1 aliphatic heterocycles. The molecule has 1 aromatic heterocycles. The van der Waals surface area contributed by atoms with Crippen LogP contribution in [0, 0.1) is 6.92 Å². The fourth-order valence-corrected chi connectivity index (χ4v) is 4.78. The normalized spacial score (nSPS) is 25.0. The van der Waals surface area contributed by atoms with E-state index in [-0.39, 0.29) is 24.1 Å². The number of hydrogen-bond donors (Lipinski definition) is 2. The van der Waals surface area contributed by atoms with Crippen molar-refractivity contribution in [3.63, 3.8) is 0 Å². The maximum atomic E-state index is 12.7. The number of piperidine rings is 1. The molecule has 2 unspecified atom stereocenters. The molecule has 27 heavy (non-hydrogen) atoms. The van der Waals surface area contributed by atoms with Crippen molar-refractivity contribution in [3.05, 3.63) is 34.5 Å². The number of halogens is 1. The molecule has 2 aromatic rings. The summed E-state index contributed by atoms with van der Waals surface area (Å²) in [6, 6.07) is 5.98. The number of furan rings is 1. The predicted octanol–water partition coefficient (Wildman–Crippen LogP) is 3.89. The number of amides is 1. The molecule has 2 aliphatic rings. The van der Waals surface area contributed by atoms with Crippen LogP contribution in [0.1, 0.15) is 54.6 Å². The van der Waals surface area contributed by atoms with Crippen molar-refractivity contribution in [2.75, 3.05) is 13.1 Å². The third-order valence-electron chi connectivity index (χ3n) is 6.15. The van der Waals surface area contributed by atoms with Crippen LogP contribution in [-0.4, -0.2) is 47.2 Å². The monoisotopic (exact) mass is 390 g/mol. The summed E-state index contributed by atoms with van der Waals surface area (Å²) in [5.74, 6) is 0.180. The smallest absolute Gasteiger partial charge is 0.287 e. The van der Waals surface area contributed by atoms with Crippen LogP contribution >= 0.6 is 11.6 Å². The minimum Gasteiger partial charge on any atom is -0.449 e. The molecule has 5 nitrogen and oxygen atoms in total. The van der Waals surface area contributed by atoms with E-state index in [9.17, 15) is 9.90 Å². The van der Waals surface area contributed by atoms with Crippen LogP contribution in [0.5, 0.6) is 0 Å². The van der Waals surface area contributed by atoms with Crippen molar-refractivity contribution in [1.29, 1.82) is 0 Å². The Balaban J connectivity index is 1.39. The lowest BCUT2D eigenvalue weighted by Crippen LogP contribution is -2.52. The van der Waals surface area contributed by atoms with E-state index in [4.69, 9.17) is 16.0 Å². The Bertz CT molecular complexity index is 826. The van der Waals surface area contributed by atoms with Crippen LogP contribution < -0.4 is 5.32 Å². The summed E-state index contributed by atoms with van der Waals surface area (Å²) >= 11 is 6.19. The number of benzene rings is 1. The highest BCUT2D eigenvalue weighted by Crippen LogP contribution is 2.31. The van der Waals surface area contributed by atoms with Gasteiger partial charge in [0.25, 0.3) is 5.91 Å². The zero-order chi connectivity index (χ0) is 19.0. The Hall–Kier alpha value is -1.56. The van der Waals surface area contributed by atoms with Gasteiger partial charge in [-0.1, -0.05) is 36.6 Å². The van der Waals surface area contributed by atoms with Crippen molar-refractivity contribution in [1.82, 2.24) is 10.2 Å². The van der Waals surface area contributed by atoms with Gasteiger partial charge in [-0.15, -0.1) is 0 Å². The van der Waals surface area contributed by atoms with Gasteiger partial charge in [0.1, 0.15) is 0 Å². The topological polar surface area (TPSA) is 65.7 Å². The zero-order valence-corrected chi connectivity index (χ0v) is 16.5. The van der Waals surface area contributed by atoms with Crippen molar-refractivity contribution < 1.29 is 14.3 Å². The van der Waals surface area contributed by atoms with Crippen molar-refractivity contribution in [2.24, 2.45) is 0 Å². The number of likely N-dealkylation sites (tertiary alicyclic amines) is 1. The van der Waals surface area contributed by atoms with Crippen molar-refractivity contribution in [2.45, 2.75) is 63.6 Å². The van der Waals surface area contributed by atoms with Crippen LogP contribution in [0.3, 0.4) is 0 Å². The van der Waals surface area contributed by atoms with E-state index in [0.29, 0.717) is 16.4 Å². The zero-order valence-electron chi connectivity index (χ0n) is 15.7. The quantitative estimate of drug-likeness (QED) is 0.834. The first kappa shape index (κ1) is 18.8. The summed E-state index contributed by atoms with van der Waals surface area (Å²) in [4.78, 5) is 15.1. The standard InChI is InChI=1S/C21H27ClN2O3/c1-13-15-5-4-6-16(22)20(15)27-19(13)21(26)23-14-9-11-24(12-10-14)17-7-2-3-8-18(17)25/h4-6,14,17-18,25H,2-3,7-12H2,1H3,(H,23,26). The number of carbonyl (C=O) groups excluding carboxylic acids is 1. The third kappa shape index (κ3) is 3.73. The molecule has 4 rings (SSSR count). The van der Waals surface area contributed by atoms with E-state index in [1.807, 2.05) is 19.1 Å². The Kier molecular flexibility index (Phi) is 5.44. The number of carbonyl (C=O) groups is 1. The molecule has 2 fully saturated rings. The number of para-hydroxylation sites is 1. The first-order valence-corrected chi connectivity index (χ1v) is 10.3. The van der Waals surface area contributed by atoms with E-state index >= 15 is 0 Å². The molecule has 1 aliphatic carbocycles. The Labute approximate surface area is 164 Å². The Morgan fingerprint density at radius 1 is 1.22 bits per heavy atom. The van der Waals surface area contributed by atoms with Gasteiger partial charge >= 0.3 is 0 Å². The van der Waals surface area contributed by atoms with Gasteiger partial charge in [-0.05, 0) is 38.7 Å². The number of rotatable bonds is 3. The van der Waals surface area contributed by atoms with Crippen molar-refractivity contribution >= 4 is 28.5 Å². The maximum absolute atomic E-state index is 12.7. The summed E-state index contributed by atoms with van der Waals surface area (Å²) in [7, 11) is 0. The second-order valence-electron chi connectivity index (χ2n) is 7.88. The largest absolute Gasteiger partial charge is 0.449 e. The third-order valence-corrected chi connectivity index (χ3v) is 6.45. The fourth-order valence-electron chi connectivity index (χ4n) is 4.57. The molecule has 6 heteroatoms. The molecule has 146 valence electrons. The molecular weight excluding hydrogens is 364 g/mol. The molecule has 2 heterocycles. The number of aryl methyl sites for hydroxylation is 1. The average Bonchev–Trinajstić information content (AvgIpc) is 3.01. The van der Waals surface area contributed by atoms with Crippen LogP contribution in [0.4, 0.5) is 0 Å². The van der Waals surface area contributed by atoms with Gasteiger partial charge < -0.3 is 14.8 Å². The molecule has 0 bridgehead atoms. The second-order valence-corrected chi connectivity index (χ2v) is 8.28. The van der Waals surface area contributed by atoms with Crippen LogP contribution in [0.15, 0.2) is 22.6 Å². The highest BCUT2D eigenvalue weighted by atomic mass is 35.5. The number of nitrogens with zero attached hydrogens (tertiary/aromatic N) is 1. The number of aliphatic hydroxyl groups is 1. The van der Waals surface area contributed by atoms with Gasteiger partial charge in [-0.2, -0.15) is 0 Å². The van der Waals surface area contributed by atoms with Gasteiger partial charge in [0.15, 0.2) is 11.3 Å². The number of aliphatic hydroxyl groups excluding tert-OH is 1. The van der Waals surface area contributed by atoms with E-state index in [0.717, 1.165) is 56.1 Å². The van der Waals surface area contributed by atoms with E-state index in [1.165, 1.54) is 6.42 Å². The Morgan fingerprint density at radius 3 is 2.67 bits per heavy atom. The Morgan fingerprint density at radius 2 is 1.96 bits per heavy atom. The lowest BCUT2D eigenvalue weighted by Gasteiger charge is -2.41. The van der Waals surface area contributed by atoms with Crippen LogP contribution in [0.2, 0.25) is 5.02 Å². The lowest BCUT2D eigenvalue weighted by molar-refractivity contribution is 0.00721. The first-order chi connectivity index (χ1) is 13.0. The van der Waals surface area contributed by atoms with Gasteiger partial charge in [0.2, 0.25) is 0 Å². The molecule has 0 radical (unpaired) electrons. The number of nitrogens with one attached hydrogen (secondary N) is 1. The van der Waals surface area contributed by atoms with Crippen LogP contribution in [-0.2, 0) is 0 Å². The molecule has 2 N–H and O–H groups in total. The summed E-state index contributed by atoms with van der Waals surface area (Å²) in [5.41, 5.74) is 1.40. The predicted molar refractivity (Wildman–Crippen MR) is 106 cm³/mol. The number of fused-ring (bicyclic) bond motifs is 1. The lowest BCUT2D eigenvalue weighted by atomic mass is 9.89. The molecule has 1 saturated heterocycles. The highest BCUT2D eigenvalue weighted by Gasteiger charge is 2.32. The second kappa shape index (κ2) is 7.82. The van der Waals surface area contributed by atoms with Crippen LogP contribution in [0.25, 0.3) is 11.0 Å². The summed E-state index contributed by atoms with van der Waals surface area (Å²) in [6.07, 6.45) is 5.92. The average molecular weight is 391 g/mol. The molecule has 1 aromatic carbocycles. The van der Waals surface area contributed by atoms with Crippen molar-refractivity contribution in [3.8, 4) is 0 Å². The van der Waals surface area contributed by atoms with E-state index in [2.05, 4.69) is 10.2 Å². The first-order valence-electron chi connectivity index (χ1n) is 9.95. The summed E-state index contributed by atoms with van der Waals surface area (Å²) in [5, 5.41) is 14.8. The highest BCUT2D eigenvalue weighted by molar-refractivity contribution is 6.35. The maximum Gasteiger partial charge on any atom is 0.287 e. The number of hydrogen-bond acceptors (Lipinski definition) is 4. The molecule has 0 spiro atoms. The van der Waals surface area contributed by atoms with E-state index in [1.54, 1.807) is 6.07 Å². The minimum absolute atomic E-state index is 0.137. The summed E-state index contributed by atoms with van der Waals surface area (Å²) in [6.45, 7) is 3.72. The molecule has 1 amide bonds. The molecule has 1 saturated carbocycles. The van der Waals surface area contributed by atoms with Gasteiger partial charge in [0, 0.05) is 36.1 Å². The summed E-state index contributed by atoms with van der Waals surface area (Å²) < 4.78 is 5.78. The van der Waals surface area contributed by atoms with Gasteiger partial charge in [0.05, 0.1) is 11.1 Å². The SMILES string of the molecule is Cc1c(C(=O)NC2CCN(C3CCCCC3O)CC2)oc2c(Cl)cccc12.